The first-order chi connectivity index (χ1) is 8.61. The van der Waals surface area contributed by atoms with Gasteiger partial charge in [-0.1, -0.05) is 13.8 Å². The maximum absolute atomic E-state index is 11.6. The highest BCUT2D eigenvalue weighted by molar-refractivity contribution is 5.76. The Morgan fingerprint density at radius 1 is 1.16 bits per heavy atom. The van der Waals surface area contributed by atoms with Gasteiger partial charge in [0.2, 0.25) is 5.91 Å². The highest BCUT2D eigenvalue weighted by Crippen LogP contribution is 2.06. The average Bonchev–Trinajstić information content (AvgIpc) is 2.21. The van der Waals surface area contributed by atoms with Gasteiger partial charge in [-0.2, -0.15) is 0 Å². The molecule has 112 valence electrons. The zero-order valence-electron chi connectivity index (χ0n) is 13.0. The van der Waals surface area contributed by atoms with Gasteiger partial charge in [-0.25, -0.2) is 4.79 Å². The Morgan fingerprint density at radius 3 is 2.21 bits per heavy atom. The number of nitrogens with one attached hydrogen (secondary N) is 2. The van der Waals surface area contributed by atoms with Crippen LogP contribution in [0.25, 0.3) is 0 Å². The standard InChI is InChI=1S/C14H28N2O3/c1-10(2)11(3)16-12(17)8-7-9-15-13(18)19-14(4,5)6/h10-11H,7-9H2,1-6H3,(H,15,18)(H,16,17). The lowest BCUT2D eigenvalue weighted by atomic mass is 10.1. The van der Waals surface area contributed by atoms with E-state index in [1.54, 1.807) is 0 Å². The van der Waals surface area contributed by atoms with Gasteiger partial charge in [-0.05, 0) is 40.0 Å². The summed E-state index contributed by atoms with van der Waals surface area (Å²) in [6.45, 7) is 12.0. The van der Waals surface area contributed by atoms with Crippen molar-refractivity contribution >= 4 is 12.0 Å². The number of alkyl carbamates (subject to hydrolysis) is 1. The lowest BCUT2D eigenvalue weighted by molar-refractivity contribution is -0.122. The minimum atomic E-state index is -0.492. The Morgan fingerprint density at radius 2 is 1.74 bits per heavy atom. The van der Waals surface area contributed by atoms with E-state index in [2.05, 4.69) is 24.5 Å². The number of hydrogen-bond donors (Lipinski definition) is 2. The molecule has 5 heteroatoms. The Balaban J connectivity index is 3.70. The number of amides is 2. The summed E-state index contributed by atoms with van der Waals surface area (Å²) in [7, 11) is 0. The van der Waals surface area contributed by atoms with Crippen molar-refractivity contribution in [1.29, 1.82) is 0 Å². The van der Waals surface area contributed by atoms with E-state index in [0.717, 1.165) is 0 Å². The van der Waals surface area contributed by atoms with Crippen LogP contribution in [0.3, 0.4) is 0 Å². The van der Waals surface area contributed by atoms with Crippen molar-refractivity contribution in [2.24, 2.45) is 5.92 Å². The molecular formula is C14H28N2O3. The SMILES string of the molecule is CC(C)C(C)NC(=O)CCCNC(=O)OC(C)(C)C. The molecule has 0 bridgehead atoms. The molecule has 0 spiro atoms. The van der Waals surface area contributed by atoms with Crippen LogP contribution in [0.4, 0.5) is 4.79 Å². The van der Waals surface area contributed by atoms with E-state index in [0.29, 0.717) is 25.3 Å². The normalized spacial score (nSPS) is 13.0. The molecule has 2 amide bonds. The van der Waals surface area contributed by atoms with Crippen molar-refractivity contribution in [3.8, 4) is 0 Å². The molecule has 0 aliphatic rings. The van der Waals surface area contributed by atoms with Crippen LogP contribution in [-0.4, -0.2) is 30.2 Å². The molecule has 1 unspecified atom stereocenters. The summed E-state index contributed by atoms with van der Waals surface area (Å²) < 4.78 is 5.09. The Hall–Kier alpha value is -1.26. The van der Waals surface area contributed by atoms with E-state index in [4.69, 9.17) is 4.74 Å². The smallest absolute Gasteiger partial charge is 0.407 e. The summed E-state index contributed by atoms with van der Waals surface area (Å²) in [5.74, 6) is 0.441. The molecule has 0 saturated heterocycles. The lowest BCUT2D eigenvalue weighted by Crippen LogP contribution is -2.37. The largest absolute Gasteiger partial charge is 0.444 e. The second-order valence-electron chi connectivity index (χ2n) is 6.13. The predicted octanol–water partition coefficient (Wildman–Crippen LogP) is 2.45. The number of ether oxygens (including phenoxy) is 1. The molecule has 2 N–H and O–H groups in total. The van der Waals surface area contributed by atoms with Crippen LogP contribution in [0.2, 0.25) is 0 Å². The van der Waals surface area contributed by atoms with Gasteiger partial charge in [-0.3, -0.25) is 4.79 Å². The highest BCUT2D eigenvalue weighted by atomic mass is 16.6. The molecule has 0 rings (SSSR count). The van der Waals surface area contributed by atoms with Gasteiger partial charge < -0.3 is 15.4 Å². The summed E-state index contributed by atoms with van der Waals surface area (Å²) in [6, 6.07) is 0.173. The first-order valence-electron chi connectivity index (χ1n) is 6.88. The fraction of sp³-hybridized carbons (Fsp3) is 0.857. The van der Waals surface area contributed by atoms with Gasteiger partial charge in [0, 0.05) is 19.0 Å². The Labute approximate surface area is 116 Å². The number of carbonyl (C=O) groups excluding carboxylic acids is 2. The first kappa shape index (κ1) is 17.7. The minimum Gasteiger partial charge on any atom is -0.444 e. The second-order valence-corrected chi connectivity index (χ2v) is 6.13. The molecule has 0 radical (unpaired) electrons. The summed E-state index contributed by atoms with van der Waals surface area (Å²) >= 11 is 0. The van der Waals surface area contributed by atoms with Gasteiger partial charge in [0.1, 0.15) is 5.60 Å². The lowest BCUT2D eigenvalue weighted by Gasteiger charge is -2.20. The van der Waals surface area contributed by atoms with Gasteiger partial charge in [0.05, 0.1) is 0 Å². The van der Waals surface area contributed by atoms with E-state index in [9.17, 15) is 9.59 Å². The first-order valence-corrected chi connectivity index (χ1v) is 6.88. The third-order valence-corrected chi connectivity index (χ3v) is 2.64. The van der Waals surface area contributed by atoms with Gasteiger partial charge in [0.25, 0.3) is 0 Å². The average molecular weight is 272 g/mol. The number of rotatable bonds is 6. The van der Waals surface area contributed by atoms with Gasteiger partial charge in [-0.15, -0.1) is 0 Å². The van der Waals surface area contributed by atoms with E-state index in [1.807, 2.05) is 27.7 Å². The zero-order valence-corrected chi connectivity index (χ0v) is 13.0. The van der Waals surface area contributed by atoms with Crippen LogP contribution < -0.4 is 10.6 Å². The third-order valence-electron chi connectivity index (χ3n) is 2.64. The quantitative estimate of drug-likeness (QED) is 0.730. The molecular weight excluding hydrogens is 244 g/mol. The Bertz CT molecular complexity index is 296. The maximum atomic E-state index is 11.6. The monoisotopic (exact) mass is 272 g/mol. The van der Waals surface area contributed by atoms with Crippen LogP contribution in [0.15, 0.2) is 0 Å². The molecule has 0 heterocycles. The van der Waals surface area contributed by atoms with Crippen LogP contribution in [0.1, 0.15) is 54.4 Å². The van der Waals surface area contributed by atoms with Crippen LogP contribution >= 0.6 is 0 Å². The van der Waals surface area contributed by atoms with E-state index >= 15 is 0 Å². The molecule has 0 fully saturated rings. The van der Waals surface area contributed by atoms with Crippen molar-refractivity contribution in [2.45, 2.75) is 66.0 Å². The highest BCUT2D eigenvalue weighted by Gasteiger charge is 2.15. The van der Waals surface area contributed by atoms with Crippen molar-refractivity contribution < 1.29 is 14.3 Å². The Kier molecular flexibility index (Phi) is 7.49. The summed E-state index contributed by atoms with van der Waals surface area (Å²) in [6.07, 6.45) is 0.575. The van der Waals surface area contributed by atoms with Crippen LogP contribution in [0, 0.1) is 5.92 Å². The van der Waals surface area contributed by atoms with Gasteiger partial charge in [0.15, 0.2) is 0 Å². The van der Waals surface area contributed by atoms with Crippen molar-refractivity contribution in [1.82, 2.24) is 10.6 Å². The van der Waals surface area contributed by atoms with Crippen molar-refractivity contribution in [3.63, 3.8) is 0 Å². The van der Waals surface area contributed by atoms with Crippen molar-refractivity contribution in [3.05, 3.63) is 0 Å². The zero-order chi connectivity index (χ0) is 15.1. The van der Waals surface area contributed by atoms with E-state index in [-0.39, 0.29) is 11.9 Å². The molecule has 19 heavy (non-hydrogen) atoms. The third kappa shape index (κ3) is 10.4. The molecule has 0 aromatic heterocycles. The molecule has 0 aromatic rings. The maximum Gasteiger partial charge on any atom is 0.407 e. The number of carbonyl (C=O) groups is 2. The fourth-order valence-corrected chi connectivity index (χ4v) is 1.25. The van der Waals surface area contributed by atoms with Crippen LogP contribution in [0.5, 0.6) is 0 Å². The number of hydrogen-bond acceptors (Lipinski definition) is 3. The van der Waals surface area contributed by atoms with Crippen molar-refractivity contribution in [2.75, 3.05) is 6.54 Å². The molecule has 0 aromatic carbocycles. The molecule has 0 aliphatic heterocycles. The fourth-order valence-electron chi connectivity index (χ4n) is 1.25. The predicted molar refractivity (Wildman–Crippen MR) is 75.9 cm³/mol. The second kappa shape index (κ2) is 8.02. The summed E-state index contributed by atoms with van der Waals surface area (Å²) in [4.78, 5) is 22.9. The molecule has 0 saturated carbocycles. The van der Waals surface area contributed by atoms with E-state index in [1.165, 1.54) is 0 Å². The summed E-state index contributed by atoms with van der Waals surface area (Å²) in [5, 5.41) is 5.55. The van der Waals surface area contributed by atoms with E-state index < -0.39 is 11.7 Å². The summed E-state index contributed by atoms with van der Waals surface area (Å²) in [5.41, 5.74) is -0.492. The minimum absolute atomic E-state index is 0.0205. The molecule has 5 nitrogen and oxygen atoms in total. The topological polar surface area (TPSA) is 67.4 Å². The van der Waals surface area contributed by atoms with Crippen LogP contribution in [-0.2, 0) is 9.53 Å². The molecule has 0 aliphatic carbocycles. The van der Waals surface area contributed by atoms with Gasteiger partial charge >= 0.3 is 6.09 Å². The molecule has 1 atom stereocenters.